The fraction of sp³-hybridized carbons (Fsp3) is 0.263. The summed E-state index contributed by atoms with van der Waals surface area (Å²) in [6.07, 6.45) is -1.09. The minimum Gasteiger partial charge on any atom is -0.342 e. The van der Waals surface area contributed by atoms with Gasteiger partial charge in [0.25, 0.3) is 11.8 Å². The number of alkyl halides is 3. The molecule has 1 aliphatic rings. The van der Waals surface area contributed by atoms with Crippen LogP contribution in [0.25, 0.3) is 0 Å². The van der Waals surface area contributed by atoms with Gasteiger partial charge in [0.2, 0.25) is 11.9 Å². The Morgan fingerprint density at radius 2 is 1.97 bits per heavy atom. The number of pyridine rings is 1. The van der Waals surface area contributed by atoms with E-state index in [0.29, 0.717) is 17.6 Å². The number of carbonyl (C=O) groups is 3. The van der Waals surface area contributed by atoms with Crippen molar-refractivity contribution in [3.05, 3.63) is 50.8 Å². The lowest BCUT2D eigenvalue weighted by atomic mass is 10.2. The van der Waals surface area contributed by atoms with Gasteiger partial charge in [0.1, 0.15) is 21.4 Å². The number of hydrogen-bond acceptors (Lipinski definition) is 7. The average molecular weight is 514 g/mol. The van der Waals surface area contributed by atoms with Crippen molar-refractivity contribution in [2.75, 3.05) is 10.6 Å². The lowest BCUT2D eigenvalue weighted by Crippen LogP contribution is -2.31. The second-order valence-electron chi connectivity index (χ2n) is 7.18. The van der Waals surface area contributed by atoms with Gasteiger partial charge in [0, 0.05) is 19.2 Å². The Kier molecular flexibility index (Phi) is 6.27. The van der Waals surface area contributed by atoms with Crippen LogP contribution in [0.3, 0.4) is 0 Å². The molecular weight excluding hydrogens is 499 g/mol. The lowest BCUT2D eigenvalue weighted by molar-refractivity contribution is -0.137. The van der Waals surface area contributed by atoms with Crippen molar-refractivity contribution in [2.45, 2.75) is 32.1 Å². The number of halogens is 4. The van der Waals surface area contributed by atoms with Crippen molar-refractivity contribution in [2.24, 2.45) is 0 Å². The second kappa shape index (κ2) is 9.02. The summed E-state index contributed by atoms with van der Waals surface area (Å²) in [6.45, 7) is 1.97. The van der Waals surface area contributed by atoms with Crippen LogP contribution in [-0.2, 0) is 17.5 Å². The van der Waals surface area contributed by atoms with Crippen LogP contribution in [0.1, 0.15) is 50.1 Å². The monoisotopic (exact) mass is 513 g/mol. The van der Waals surface area contributed by atoms with E-state index in [1.165, 1.54) is 12.4 Å². The molecule has 0 saturated carbocycles. The summed E-state index contributed by atoms with van der Waals surface area (Å²) in [5, 5.41) is 7.40. The summed E-state index contributed by atoms with van der Waals surface area (Å²) in [4.78, 5) is 48.5. The molecule has 10 nitrogen and oxygen atoms in total. The molecular formula is C19H15ClF3N7O3S. The van der Waals surface area contributed by atoms with Crippen LogP contribution in [0.15, 0.2) is 24.7 Å². The maximum Gasteiger partial charge on any atom is 0.418 e. The predicted molar refractivity (Wildman–Crippen MR) is 116 cm³/mol. The lowest BCUT2D eigenvalue weighted by Gasteiger charge is -2.17. The van der Waals surface area contributed by atoms with Gasteiger partial charge in [-0.2, -0.15) is 13.2 Å². The molecule has 0 fully saturated rings. The molecule has 4 heterocycles. The van der Waals surface area contributed by atoms with Crippen LogP contribution in [0.2, 0.25) is 5.02 Å². The van der Waals surface area contributed by atoms with Gasteiger partial charge >= 0.3 is 6.18 Å². The summed E-state index contributed by atoms with van der Waals surface area (Å²) < 4.78 is 40.6. The quantitative estimate of drug-likeness (QED) is 0.478. The van der Waals surface area contributed by atoms with Crippen LogP contribution in [0.5, 0.6) is 0 Å². The van der Waals surface area contributed by atoms with Crippen molar-refractivity contribution in [3.63, 3.8) is 0 Å². The van der Waals surface area contributed by atoms with Crippen LogP contribution < -0.4 is 16.0 Å². The summed E-state index contributed by atoms with van der Waals surface area (Å²) in [6, 6.07) is 0.0496. The standard InChI is InChI=1S/C19H15ClF3N7O3S/c1-8(27-15(32)11-6-26-18-29-14(31)2-3-30(11)18)17-25-7-12(34-17)16(33)28-13-4-9(19(21,22)23)10(20)5-24-13/h4-8H,2-3H2,1H3,(H,27,32)(H,24,28,33)(H,26,29,31)/t8-/m1/s1. The molecule has 0 bridgehead atoms. The number of thiazole rings is 1. The number of rotatable bonds is 5. The molecule has 1 aliphatic heterocycles. The molecule has 178 valence electrons. The number of aromatic nitrogens is 4. The SMILES string of the molecule is C[C@@H](NC(=O)c1cnc2n1CCC(=O)N2)c1ncc(C(=O)Nc2cc(C(F)(F)F)c(Cl)cn2)s1. The van der Waals surface area contributed by atoms with Gasteiger partial charge in [-0.25, -0.2) is 15.0 Å². The van der Waals surface area contributed by atoms with Crippen molar-refractivity contribution >= 4 is 52.4 Å². The smallest absolute Gasteiger partial charge is 0.342 e. The van der Waals surface area contributed by atoms with Crippen molar-refractivity contribution < 1.29 is 27.6 Å². The minimum absolute atomic E-state index is 0.103. The largest absolute Gasteiger partial charge is 0.418 e. The van der Waals surface area contributed by atoms with Crippen LogP contribution in [0, 0.1) is 0 Å². The van der Waals surface area contributed by atoms with Gasteiger partial charge < -0.3 is 15.2 Å². The normalized spacial score (nSPS) is 14.2. The number of fused-ring (bicyclic) bond motifs is 1. The third-order valence-corrected chi connectivity index (χ3v) is 6.25. The number of hydrogen-bond donors (Lipinski definition) is 3. The Bertz CT molecular complexity index is 1290. The van der Waals surface area contributed by atoms with Gasteiger partial charge in [0.15, 0.2) is 0 Å². The highest BCUT2D eigenvalue weighted by molar-refractivity contribution is 7.13. The van der Waals surface area contributed by atoms with Crippen molar-refractivity contribution in [1.29, 1.82) is 0 Å². The Labute approximate surface area is 198 Å². The van der Waals surface area contributed by atoms with E-state index in [4.69, 9.17) is 11.6 Å². The van der Waals surface area contributed by atoms with Gasteiger partial charge in [-0.3, -0.25) is 19.7 Å². The highest BCUT2D eigenvalue weighted by atomic mass is 35.5. The molecule has 0 saturated heterocycles. The number of nitrogens with one attached hydrogen (secondary N) is 3. The van der Waals surface area contributed by atoms with E-state index < -0.39 is 34.6 Å². The third-order valence-electron chi connectivity index (χ3n) is 4.77. The molecule has 3 amide bonds. The molecule has 3 aromatic heterocycles. The zero-order valence-electron chi connectivity index (χ0n) is 17.2. The Hall–Kier alpha value is -3.52. The molecule has 0 aromatic carbocycles. The van der Waals surface area contributed by atoms with Crippen LogP contribution in [-0.4, -0.2) is 37.2 Å². The molecule has 0 aliphatic carbocycles. The molecule has 4 rings (SSSR count). The maximum atomic E-state index is 13.0. The minimum atomic E-state index is -4.70. The zero-order chi connectivity index (χ0) is 24.6. The Balaban J connectivity index is 1.42. The van der Waals surface area contributed by atoms with Crippen molar-refractivity contribution in [1.82, 2.24) is 24.8 Å². The molecule has 15 heteroatoms. The van der Waals surface area contributed by atoms with Crippen LogP contribution >= 0.6 is 22.9 Å². The zero-order valence-corrected chi connectivity index (χ0v) is 18.8. The first kappa shape index (κ1) is 23.6. The molecule has 1 atom stereocenters. The highest BCUT2D eigenvalue weighted by Gasteiger charge is 2.34. The first-order valence-corrected chi connectivity index (χ1v) is 10.9. The topological polar surface area (TPSA) is 131 Å². The predicted octanol–water partition coefficient (Wildman–Crippen LogP) is 3.49. The van der Waals surface area contributed by atoms with Gasteiger partial charge in [0.05, 0.1) is 29.0 Å². The third kappa shape index (κ3) is 4.87. The highest BCUT2D eigenvalue weighted by Crippen LogP contribution is 2.35. The molecule has 34 heavy (non-hydrogen) atoms. The van der Waals surface area contributed by atoms with Crippen molar-refractivity contribution in [3.8, 4) is 0 Å². The number of carbonyl (C=O) groups excluding carboxylic acids is 3. The number of amides is 3. The van der Waals surface area contributed by atoms with E-state index in [1.54, 1.807) is 11.5 Å². The van der Waals surface area contributed by atoms with E-state index in [1.807, 2.05) is 0 Å². The molecule has 0 spiro atoms. The summed E-state index contributed by atoms with van der Waals surface area (Å²) in [5.74, 6) is -1.39. The summed E-state index contributed by atoms with van der Waals surface area (Å²) in [7, 11) is 0. The fourth-order valence-electron chi connectivity index (χ4n) is 3.11. The van der Waals surface area contributed by atoms with E-state index in [-0.39, 0.29) is 34.7 Å². The second-order valence-corrected chi connectivity index (χ2v) is 8.65. The number of anilines is 2. The van der Waals surface area contributed by atoms with E-state index in [0.717, 1.165) is 17.5 Å². The first-order valence-electron chi connectivity index (χ1n) is 9.69. The first-order chi connectivity index (χ1) is 16.0. The van der Waals surface area contributed by atoms with E-state index >= 15 is 0 Å². The number of nitrogens with zero attached hydrogens (tertiary/aromatic N) is 4. The fourth-order valence-corrected chi connectivity index (χ4v) is 4.14. The molecule has 3 aromatic rings. The van der Waals surface area contributed by atoms with E-state index in [2.05, 4.69) is 30.9 Å². The van der Waals surface area contributed by atoms with Gasteiger partial charge in [-0.15, -0.1) is 11.3 Å². The van der Waals surface area contributed by atoms with E-state index in [9.17, 15) is 27.6 Å². The van der Waals surface area contributed by atoms with Gasteiger partial charge in [-0.05, 0) is 13.0 Å². The Morgan fingerprint density at radius 3 is 2.71 bits per heavy atom. The summed E-state index contributed by atoms with van der Waals surface area (Å²) >= 11 is 6.49. The summed E-state index contributed by atoms with van der Waals surface area (Å²) in [5.41, 5.74) is -0.868. The van der Waals surface area contributed by atoms with Crippen LogP contribution in [0.4, 0.5) is 24.9 Å². The Morgan fingerprint density at radius 1 is 1.21 bits per heavy atom. The van der Waals surface area contributed by atoms with Gasteiger partial charge in [-0.1, -0.05) is 11.6 Å². The molecule has 0 radical (unpaired) electrons. The molecule has 3 N–H and O–H groups in total. The number of imidazole rings is 1. The average Bonchev–Trinajstić information content (AvgIpc) is 3.41. The maximum absolute atomic E-state index is 13.0. The molecule has 0 unspecified atom stereocenters.